The smallest absolute Gasteiger partial charge is 0.191 e. The van der Waals surface area contributed by atoms with Crippen molar-refractivity contribution in [3.8, 4) is 0 Å². The maximum absolute atomic E-state index is 5.88. The van der Waals surface area contributed by atoms with Crippen LogP contribution < -0.4 is 0 Å². The topological polar surface area (TPSA) is 30.7 Å². The van der Waals surface area contributed by atoms with Gasteiger partial charge in [0.05, 0.1) is 0 Å². The van der Waals surface area contributed by atoms with Crippen LogP contribution in [-0.2, 0) is 12.2 Å². The first kappa shape index (κ1) is 14.4. The number of thioether (sulfide) groups is 1. The molecule has 1 aromatic carbocycles. The third kappa shape index (κ3) is 3.51. The van der Waals surface area contributed by atoms with E-state index in [0.29, 0.717) is 6.04 Å². The number of aromatic nitrogens is 3. The highest BCUT2D eigenvalue weighted by atomic mass is 35.5. The number of rotatable bonds is 5. The second-order valence-corrected chi connectivity index (χ2v) is 6.01. The van der Waals surface area contributed by atoms with Gasteiger partial charge < -0.3 is 4.57 Å². The van der Waals surface area contributed by atoms with Gasteiger partial charge in [-0.05, 0) is 31.5 Å². The summed E-state index contributed by atoms with van der Waals surface area (Å²) >= 11 is 7.60. The Balaban J connectivity index is 2.11. The maximum Gasteiger partial charge on any atom is 0.191 e. The molecule has 0 atom stereocenters. The van der Waals surface area contributed by atoms with Gasteiger partial charge >= 0.3 is 0 Å². The van der Waals surface area contributed by atoms with Gasteiger partial charge in [0.15, 0.2) is 5.16 Å². The minimum absolute atomic E-state index is 0.387. The number of nitrogens with zero attached hydrogens (tertiary/aromatic N) is 3. The first-order chi connectivity index (χ1) is 9.11. The third-order valence-corrected chi connectivity index (χ3v) is 4.12. The van der Waals surface area contributed by atoms with Crippen molar-refractivity contribution < 1.29 is 0 Å². The summed E-state index contributed by atoms with van der Waals surface area (Å²) < 4.78 is 2.21. The lowest BCUT2D eigenvalue weighted by Gasteiger charge is -2.12. The number of hydrogen-bond donors (Lipinski definition) is 0. The second kappa shape index (κ2) is 6.44. The molecule has 19 heavy (non-hydrogen) atoms. The first-order valence-electron chi connectivity index (χ1n) is 6.42. The zero-order valence-electron chi connectivity index (χ0n) is 11.4. The van der Waals surface area contributed by atoms with E-state index in [9.17, 15) is 0 Å². The molecule has 0 saturated carbocycles. The van der Waals surface area contributed by atoms with Crippen LogP contribution in [-0.4, -0.2) is 14.8 Å². The molecule has 0 spiro atoms. The molecule has 3 nitrogen and oxygen atoms in total. The van der Waals surface area contributed by atoms with E-state index in [2.05, 4.69) is 35.5 Å². The minimum atomic E-state index is 0.387. The van der Waals surface area contributed by atoms with E-state index in [0.717, 1.165) is 28.2 Å². The lowest BCUT2D eigenvalue weighted by molar-refractivity contribution is 0.528. The van der Waals surface area contributed by atoms with E-state index in [1.165, 1.54) is 5.56 Å². The molecule has 102 valence electrons. The Kier molecular flexibility index (Phi) is 4.88. The Morgan fingerprint density at radius 2 is 1.89 bits per heavy atom. The number of aryl methyl sites for hydroxylation is 1. The van der Waals surface area contributed by atoms with Crippen molar-refractivity contribution in [3.63, 3.8) is 0 Å². The summed E-state index contributed by atoms with van der Waals surface area (Å²) in [6.45, 7) is 6.43. The number of halogens is 1. The average molecular weight is 296 g/mol. The van der Waals surface area contributed by atoms with Gasteiger partial charge in [0.25, 0.3) is 0 Å². The summed E-state index contributed by atoms with van der Waals surface area (Å²) in [6, 6.07) is 8.32. The highest BCUT2D eigenvalue weighted by Gasteiger charge is 2.13. The Hall–Kier alpha value is -1.00. The Bertz CT molecular complexity index is 534. The molecule has 1 heterocycles. The summed E-state index contributed by atoms with van der Waals surface area (Å²) in [5.41, 5.74) is 1.24. The quantitative estimate of drug-likeness (QED) is 0.768. The molecule has 0 bridgehead atoms. The van der Waals surface area contributed by atoms with Gasteiger partial charge in [-0.25, -0.2) is 0 Å². The Morgan fingerprint density at radius 1 is 1.21 bits per heavy atom. The van der Waals surface area contributed by atoms with Crippen LogP contribution in [0.4, 0.5) is 0 Å². The molecule has 0 unspecified atom stereocenters. The van der Waals surface area contributed by atoms with E-state index < -0.39 is 0 Å². The predicted octanol–water partition coefficient (Wildman–Crippen LogP) is 4.37. The van der Waals surface area contributed by atoms with Crippen LogP contribution in [0.3, 0.4) is 0 Å². The highest BCUT2D eigenvalue weighted by Crippen LogP contribution is 2.25. The molecule has 5 heteroatoms. The van der Waals surface area contributed by atoms with Gasteiger partial charge in [0.2, 0.25) is 0 Å². The molecule has 0 amide bonds. The van der Waals surface area contributed by atoms with Crippen molar-refractivity contribution in [2.24, 2.45) is 0 Å². The van der Waals surface area contributed by atoms with Crippen LogP contribution in [0.15, 0.2) is 29.4 Å². The molecular formula is C14H18ClN3S. The summed E-state index contributed by atoms with van der Waals surface area (Å²) in [6.07, 6.45) is 0.909. The highest BCUT2D eigenvalue weighted by molar-refractivity contribution is 7.98. The van der Waals surface area contributed by atoms with E-state index in [-0.39, 0.29) is 0 Å². The van der Waals surface area contributed by atoms with Crippen LogP contribution in [0.2, 0.25) is 5.02 Å². The zero-order chi connectivity index (χ0) is 13.8. The van der Waals surface area contributed by atoms with E-state index in [4.69, 9.17) is 11.6 Å². The summed E-state index contributed by atoms with van der Waals surface area (Å²) in [5.74, 6) is 1.93. The lowest BCUT2D eigenvalue weighted by atomic mass is 10.2. The molecule has 0 aliphatic carbocycles. The van der Waals surface area contributed by atoms with E-state index >= 15 is 0 Å². The summed E-state index contributed by atoms with van der Waals surface area (Å²) in [4.78, 5) is 0. The van der Waals surface area contributed by atoms with Crippen molar-refractivity contribution in [3.05, 3.63) is 40.7 Å². The van der Waals surface area contributed by atoms with Crippen LogP contribution in [0.25, 0.3) is 0 Å². The average Bonchev–Trinajstić information content (AvgIpc) is 2.81. The van der Waals surface area contributed by atoms with Gasteiger partial charge in [0.1, 0.15) is 5.82 Å². The van der Waals surface area contributed by atoms with Gasteiger partial charge in [-0.2, -0.15) is 0 Å². The normalized spacial score (nSPS) is 11.2. The molecule has 2 rings (SSSR count). The van der Waals surface area contributed by atoms with Crippen LogP contribution in [0.1, 0.15) is 38.2 Å². The van der Waals surface area contributed by atoms with Crippen molar-refractivity contribution in [2.45, 2.75) is 44.1 Å². The summed E-state index contributed by atoms with van der Waals surface area (Å²) in [7, 11) is 0. The van der Waals surface area contributed by atoms with E-state index in [1.807, 2.05) is 24.3 Å². The van der Waals surface area contributed by atoms with Crippen LogP contribution >= 0.6 is 23.4 Å². The SMILES string of the molecule is CCc1nnc(SCc2ccc(Cl)cc2)n1C(C)C. The molecule has 0 radical (unpaired) electrons. The fraction of sp³-hybridized carbons (Fsp3) is 0.429. The largest absolute Gasteiger partial charge is 0.303 e. The zero-order valence-corrected chi connectivity index (χ0v) is 13.0. The fourth-order valence-corrected chi connectivity index (χ4v) is 3.06. The Morgan fingerprint density at radius 3 is 2.47 bits per heavy atom. The minimum Gasteiger partial charge on any atom is -0.303 e. The molecule has 1 aromatic heterocycles. The van der Waals surface area contributed by atoms with Crippen molar-refractivity contribution in [1.29, 1.82) is 0 Å². The standard InChI is InChI=1S/C14H18ClN3S/c1-4-13-16-17-14(18(13)10(2)3)19-9-11-5-7-12(15)8-6-11/h5-8,10H,4,9H2,1-3H3. The lowest BCUT2D eigenvalue weighted by Crippen LogP contribution is -2.07. The molecular weight excluding hydrogens is 278 g/mol. The molecule has 0 aliphatic heterocycles. The molecule has 2 aromatic rings. The van der Waals surface area contributed by atoms with Gasteiger partial charge in [-0.15, -0.1) is 10.2 Å². The number of benzene rings is 1. The Labute approximate surface area is 123 Å². The first-order valence-corrected chi connectivity index (χ1v) is 7.79. The molecule has 0 aliphatic rings. The van der Waals surface area contributed by atoms with Crippen molar-refractivity contribution in [1.82, 2.24) is 14.8 Å². The molecule has 0 saturated heterocycles. The van der Waals surface area contributed by atoms with Gasteiger partial charge in [0, 0.05) is 23.2 Å². The molecule has 0 fully saturated rings. The fourth-order valence-electron chi connectivity index (χ4n) is 1.89. The molecule has 0 N–H and O–H groups in total. The predicted molar refractivity (Wildman–Crippen MR) is 80.8 cm³/mol. The second-order valence-electron chi connectivity index (χ2n) is 4.63. The summed E-state index contributed by atoms with van der Waals surface area (Å²) in [5, 5.41) is 10.3. The van der Waals surface area contributed by atoms with Gasteiger partial charge in [-0.1, -0.05) is 42.4 Å². The maximum atomic E-state index is 5.88. The third-order valence-electron chi connectivity index (χ3n) is 2.85. The van der Waals surface area contributed by atoms with Crippen LogP contribution in [0.5, 0.6) is 0 Å². The number of hydrogen-bond acceptors (Lipinski definition) is 3. The van der Waals surface area contributed by atoms with Gasteiger partial charge in [-0.3, -0.25) is 0 Å². The van der Waals surface area contributed by atoms with Crippen molar-refractivity contribution >= 4 is 23.4 Å². The van der Waals surface area contributed by atoms with Crippen molar-refractivity contribution in [2.75, 3.05) is 0 Å². The van der Waals surface area contributed by atoms with E-state index in [1.54, 1.807) is 11.8 Å². The van der Waals surface area contributed by atoms with Crippen LogP contribution in [0, 0.1) is 0 Å². The monoisotopic (exact) mass is 295 g/mol.